The molecule has 1 aliphatic heterocycles. The van der Waals surface area contributed by atoms with Crippen molar-refractivity contribution in [3.63, 3.8) is 0 Å². The first-order valence-corrected chi connectivity index (χ1v) is 6.36. The van der Waals surface area contributed by atoms with Gasteiger partial charge in [-0.2, -0.15) is 5.26 Å². The monoisotopic (exact) mass is 258 g/mol. The minimum Gasteiger partial charge on any atom is -0.398 e. The van der Waals surface area contributed by atoms with Crippen LogP contribution in [0.3, 0.4) is 0 Å². The number of carbonyl (C=O) groups is 1. The first-order valence-electron chi connectivity index (χ1n) is 6.36. The maximum Gasteiger partial charge on any atom is 0.222 e. The van der Waals surface area contributed by atoms with Crippen molar-refractivity contribution in [2.75, 3.05) is 24.6 Å². The van der Waals surface area contributed by atoms with Crippen LogP contribution < -0.4 is 11.1 Å². The van der Waals surface area contributed by atoms with Crippen molar-refractivity contribution < 1.29 is 4.79 Å². The zero-order chi connectivity index (χ0) is 13.8. The fraction of sp³-hybridized carbons (Fsp3) is 0.429. The van der Waals surface area contributed by atoms with Crippen molar-refractivity contribution in [2.24, 2.45) is 0 Å². The van der Waals surface area contributed by atoms with Gasteiger partial charge >= 0.3 is 0 Å². The number of rotatable bonds is 3. The van der Waals surface area contributed by atoms with Gasteiger partial charge in [-0.15, -0.1) is 0 Å². The van der Waals surface area contributed by atoms with Gasteiger partial charge in [0, 0.05) is 37.4 Å². The fourth-order valence-electron chi connectivity index (χ4n) is 2.30. The van der Waals surface area contributed by atoms with Gasteiger partial charge in [-0.1, -0.05) is 0 Å². The van der Waals surface area contributed by atoms with E-state index in [1.165, 1.54) is 0 Å². The lowest BCUT2D eigenvalue weighted by atomic mass is 10.0. The highest BCUT2D eigenvalue weighted by molar-refractivity contribution is 5.77. The van der Waals surface area contributed by atoms with Gasteiger partial charge in [0.2, 0.25) is 5.91 Å². The molecule has 2 rings (SSSR count). The number of nitrogens with zero attached hydrogens (tertiary/aromatic N) is 2. The Labute approximate surface area is 113 Å². The molecule has 0 spiro atoms. The van der Waals surface area contributed by atoms with Crippen LogP contribution in [0.1, 0.15) is 18.4 Å². The molecule has 1 saturated heterocycles. The molecule has 100 valence electrons. The number of carbonyl (C=O) groups excluding carboxylic acids is 1. The summed E-state index contributed by atoms with van der Waals surface area (Å²) in [6.07, 6.45) is 1.72. The minimum atomic E-state index is 0.195. The SMILES string of the molecule is CN1CC(Nc2ccc(N)c(CC#N)c2)CCC1=O. The molecule has 1 aromatic rings. The van der Waals surface area contributed by atoms with Gasteiger partial charge in [-0.25, -0.2) is 0 Å². The second kappa shape index (κ2) is 5.61. The summed E-state index contributed by atoms with van der Waals surface area (Å²) in [6.45, 7) is 0.705. The average molecular weight is 258 g/mol. The Morgan fingerprint density at radius 3 is 3.05 bits per heavy atom. The number of nitrogens with two attached hydrogens (primary N) is 1. The van der Waals surface area contributed by atoms with Gasteiger partial charge in [0.15, 0.2) is 0 Å². The largest absolute Gasteiger partial charge is 0.398 e. The molecule has 0 aromatic heterocycles. The predicted molar refractivity (Wildman–Crippen MR) is 74.5 cm³/mol. The Kier molecular flexibility index (Phi) is 3.91. The molecular weight excluding hydrogens is 240 g/mol. The van der Waals surface area contributed by atoms with Gasteiger partial charge in [0.05, 0.1) is 12.5 Å². The van der Waals surface area contributed by atoms with Crippen LogP contribution >= 0.6 is 0 Å². The minimum absolute atomic E-state index is 0.195. The number of anilines is 2. The molecule has 0 radical (unpaired) electrons. The Balaban J connectivity index is 2.05. The highest BCUT2D eigenvalue weighted by Gasteiger charge is 2.22. The number of nitriles is 1. The van der Waals surface area contributed by atoms with E-state index < -0.39 is 0 Å². The molecule has 0 saturated carbocycles. The third kappa shape index (κ3) is 3.16. The molecule has 5 nitrogen and oxygen atoms in total. The van der Waals surface area contributed by atoms with Crippen molar-refractivity contribution in [2.45, 2.75) is 25.3 Å². The summed E-state index contributed by atoms with van der Waals surface area (Å²) in [5, 5.41) is 12.1. The first kappa shape index (κ1) is 13.2. The summed E-state index contributed by atoms with van der Waals surface area (Å²) in [6, 6.07) is 7.99. The molecular formula is C14H18N4O. The fourth-order valence-corrected chi connectivity index (χ4v) is 2.30. The van der Waals surface area contributed by atoms with E-state index in [1.807, 2.05) is 25.2 Å². The van der Waals surface area contributed by atoms with Crippen molar-refractivity contribution in [1.82, 2.24) is 4.90 Å². The lowest BCUT2D eigenvalue weighted by Gasteiger charge is -2.31. The maximum absolute atomic E-state index is 11.4. The second-order valence-corrected chi connectivity index (χ2v) is 4.90. The van der Waals surface area contributed by atoms with Crippen molar-refractivity contribution >= 4 is 17.3 Å². The zero-order valence-electron chi connectivity index (χ0n) is 11.0. The van der Waals surface area contributed by atoms with E-state index in [0.29, 0.717) is 25.1 Å². The number of hydrogen-bond acceptors (Lipinski definition) is 4. The number of likely N-dealkylation sites (tertiary alicyclic amines) is 1. The summed E-state index contributed by atoms with van der Waals surface area (Å²) in [5.41, 5.74) is 8.25. The standard InChI is InChI=1S/C14H18N4O/c1-18-9-12(3-5-14(18)19)17-11-2-4-13(16)10(8-11)6-7-15/h2,4,8,12,17H,3,5-6,9,16H2,1H3. The molecule has 5 heteroatoms. The Morgan fingerprint density at radius 1 is 1.58 bits per heavy atom. The van der Waals surface area contributed by atoms with Crippen molar-refractivity contribution in [3.8, 4) is 6.07 Å². The molecule has 0 bridgehead atoms. The van der Waals surface area contributed by atoms with E-state index in [1.54, 1.807) is 4.90 Å². The molecule has 1 amide bonds. The topological polar surface area (TPSA) is 82.2 Å². The second-order valence-electron chi connectivity index (χ2n) is 4.90. The Bertz CT molecular complexity index is 521. The third-order valence-corrected chi connectivity index (χ3v) is 3.41. The summed E-state index contributed by atoms with van der Waals surface area (Å²) >= 11 is 0. The summed E-state index contributed by atoms with van der Waals surface area (Å²) in [7, 11) is 1.82. The summed E-state index contributed by atoms with van der Waals surface area (Å²) in [5.74, 6) is 0.195. The van der Waals surface area contributed by atoms with Crippen LogP contribution in [0.5, 0.6) is 0 Å². The smallest absolute Gasteiger partial charge is 0.222 e. The van der Waals surface area contributed by atoms with Crippen LogP contribution in [0.2, 0.25) is 0 Å². The zero-order valence-corrected chi connectivity index (χ0v) is 11.0. The van der Waals surface area contributed by atoms with Crippen LogP contribution in [0.15, 0.2) is 18.2 Å². The first-order chi connectivity index (χ1) is 9.10. The van der Waals surface area contributed by atoms with Gasteiger partial charge in [-0.3, -0.25) is 4.79 Å². The molecule has 3 N–H and O–H groups in total. The normalized spacial score (nSPS) is 19.1. The lowest BCUT2D eigenvalue weighted by molar-refractivity contribution is -0.132. The Hall–Kier alpha value is -2.22. The molecule has 1 heterocycles. The number of piperidine rings is 1. The lowest BCUT2D eigenvalue weighted by Crippen LogP contribution is -2.43. The number of likely N-dealkylation sites (N-methyl/N-ethyl adjacent to an activating group) is 1. The predicted octanol–water partition coefficient (Wildman–Crippen LogP) is 1.37. The van der Waals surface area contributed by atoms with E-state index in [2.05, 4.69) is 11.4 Å². The van der Waals surface area contributed by atoms with Crippen molar-refractivity contribution in [1.29, 1.82) is 5.26 Å². The van der Waals surface area contributed by atoms with Gasteiger partial charge in [0.1, 0.15) is 0 Å². The van der Waals surface area contributed by atoms with Crippen LogP contribution in [-0.2, 0) is 11.2 Å². The van der Waals surface area contributed by atoms with E-state index in [-0.39, 0.29) is 11.9 Å². The molecule has 1 atom stereocenters. The molecule has 1 aliphatic rings. The van der Waals surface area contributed by atoms with E-state index in [4.69, 9.17) is 11.0 Å². The van der Waals surface area contributed by atoms with Crippen molar-refractivity contribution in [3.05, 3.63) is 23.8 Å². The van der Waals surface area contributed by atoms with E-state index >= 15 is 0 Å². The van der Waals surface area contributed by atoms with Crippen LogP contribution in [0, 0.1) is 11.3 Å². The quantitative estimate of drug-likeness (QED) is 0.802. The van der Waals surface area contributed by atoms with E-state index in [0.717, 1.165) is 17.7 Å². The number of amides is 1. The number of nitrogens with one attached hydrogen (secondary N) is 1. The third-order valence-electron chi connectivity index (χ3n) is 3.41. The van der Waals surface area contributed by atoms with E-state index in [9.17, 15) is 4.79 Å². The molecule has 1 aromatic carbocycles. The maximum atomic E-state index is 11.4. The summed E-state index contributed by atoms with van der Waals surface area (Å²) < 4.78 is 0. The highest BCUT2D eigenvalue weighted by atomic mass is 16.2. The average Bonchev–Trinajstić information content (AvgIpc) is 2.38. The van der Waals surface area contributed by atoms with Crippen LogP contribution in [-0.4, -0.2) is 30.4 Å². The molecule has 19 heavy (non-hydrogen) atoms. The summed E-state index contributed by atoms with van der Waals surface area (Å²) in [4.78, 5) is 13.2. The highest BCUT2D eigenvalue weighted by Crippen LogP contribution is 2.21. The van der Waals surface area contributed by atoms with Gasteiger partial charge < -0.3 is 16.0 Å². The molecule has 1 unspecified atom stereocenters. The van der Waals surface area contributed by atoms with Crippen LogP contribution in [0.25, 0.3) is 0 Å². The molecule has 0 aliphatic carbocycles. The number of benzene rings is 1. The van der Waals surface area contributed by atoms with Gasteiger partial charge in [0.25, 0.3) is 0 Å². The van der Waals surface area contributed by atoms with Crippen LogP contribution in [0.4, 0.5) is 11.4 Å². The number of hydrogen-bond donors (Lipinski definition) is 2. The number of nitrogen functional groups attached to an aromatic ring is 1. The van der Waals surface area contributed by atoms with Gasteiger partial charge in [-0.05, 0) is 30.2 Å². The Morgan fingerprint density at radius 2 is 2.37 bits per heavy atom. The molecule has 1 fully saturated rings.